The van der Waals surface area contributed by atoms with E-state index in [0.717, 1.165) is 62.0 Å². The van der Waals surface area contributed by atoms with Gasteiger partial charge in [-0.25, -0.2) is 4.79 Å². The third-order valence-corrected chi connectivity index (χ3v) is 6.19. The van der Waals surface area contributed by atoms with Crippen molar-refractivity contribution in [2.24, 2.45) is 0 Å². The molecule has 2 amide bonds. The maximum atomic E-state index is 13.1. The number of hydrogen-bond donors (Lipinski definition) is 1. The second-order valence-corrected chi connectivity index (χ2v) is 8.46. The second kappa shape index (κ2) is 10.7. The zero-order valence-electron chi connectivity index (χ0n) is 17.8. The van der Waals surface area contributed by atoms with Crippen LogP contribution in [0.25, 0.3) is 0 Å². The van der Waals surface area contributed by atoms with Gasteiger partial charge < -0.3 is 24.4 Å². The Morgan fingerprint density at radius 3 is 2.65 bits per heavy atom. The first-order valence-electron chi connectivity index (χ1n) is 10.6. The van der Waals surface area contributed by atoms with E-state index >= 15 is 0 Å². The maximum Gasteiger partial charge on any atom is 0.322 e. The molecule has 0 bridgehead atoms. The minimum atomic E-state index is -0.100. The molecule has 7 nitrogen and oxygen atoms in total. The molecule has 0 aromatic heterocycles. The van der Waals surface area contributed by atoms with Gasteiger partial charge in [0.1, 0.15) is 0 Å². The molecule has 1 fully saturated rings. The number of morpholine rings is 1. The highest BCUT2D eigenvalue weighted by atomic mass is 32.2. The molecule has 166 valence electrons. The Labute approximate surface area is 187 Å². The number of nitrogens with one attached hydrogen (secondary N) is 1. The van der Waals surface area contributed by atoms with E-state index in [0.29, 0.717) is 13.1 Å². The number of amides is 2. The summed E-state index contributed by atoms with van der Waals surface area (Å²) in [4.78, 5) is 18.5. The van der Waals surface area contributed by atoms with E-state index in [1.54, 1.807) is 11.8 Å². The van der Waals surface area contributed by atoms with Gasteiger partial charge in [0.05, 0.1) is 13.2 Å². The average molecular weight is 444 g/mol. The predicted molar refractivity (Wildman–Crippen MR) is 122 cm³/mol. The monoisotopic (exact) mass is 443 g/mol. The van der Waals surface area contributed by atoms with Crippen molar-refractivity contribution in [2.75, 3.05) is 57.8 Å². The molecule has 4 rings (SSSR count). The standard InChI is InChI=1S/C23H29N3O4S/c1-31-20-6-4-19(5-7-20)24-23(27)26(10-2-9-25-11-13-28-14-12-25)16-18-3-8-21-22(15-18)30-17-29-21/h3-8,15H,2,9-14,16-17H2,1H3,(H,24,27). The molecule has 2 heterocycles. The molecule has 2 aromatic carbocycles. The summed E-state index contributed by atoms with van der Waals surface area (Å²) in [6.07, 6.45) is 2.94. The minimum Gasteiger partial charge on any atom is -0.454 e. The normalized spacial score (nSPS) is 15.6. The van der Waals surface area contributed by atoms with Crippen molar-refractivity contribution >= 4 is 23.5 Å². The molecule has 0 aliphatic carbocycles. The van der Waals surface area contributed by atoms with E-state index in [1.165, 1.54) is 4.90 Å². The lowest BCUT2D eigenvalue weighted by atomic mass is 10.2. The number of fused-ring (bicyclic) bond motifs is 1. The van der Waals surface area contributed by atoms with Crippen LogP contribution in [0.4, 0.5) is 10.5 Å². The summed E-state index contributed by atoms with van der Waals surface area (Å²) in [7, 11) is 0. The van der Waals surface area contributed by atoms with Gasteiger partial charge in [-0.1, -0.05) is 6.07 Å². The zero-order valence-corrected chi connectivity index (χ0v) is 18.7. The number of urea groups is 1. The maximum absolute atomic E-state index is 13.1. The smallest absolute Gasteiger partial charge is 0.322 e. The summed E-state index contributed by atoms with van der Waals surface area (Å²) in [6.45, 7) is 5.85. The minimum absolute atomic E-state index is 0.100. The zero-order chi connectivity index (χ0) is 21.5. The number of thioether (sulfide) groups is 1. The number of nitrogens with zero attached hydrogens (tertiary/aromatic N) is 2. The second-order valence-electron chi connectivity index (χ2n) is 7.58. The third kappa shape index (κ3) is 6.06. The van der Waals surface area contributed by atoms with E-state index in [1.807, 2.05) is 53.6 Å². The summed E-state index contributed by atoms with van der Waals surface area (Å²) in [6, 6.07) is 13.7. The Morgan fingerprint density at radius 2 is 1.87 bits per heavy atom. The molecule has 8 heteroatoms. The number of ether oxygens (including phenoxy) is 3. The summed E-state index contributed by atoms with van der Waals surface area (Å²) >= 11 is 1.68. The van der Waals surface area contributed by atoms with E-state index in [9.17, 15) is 4.79 Å². The van der Waals surface area contributed by atoms with Gasteiger partial charge in [-0.2, -0.15) is 0 Å². The highest BCUT2D eigenvalue weighted by Crippen LogP contribution is 2.33. The Morgan fingerprint density at radius 1 is 1.10 bits per heavy atom. The number of rotatable bonds is 8. The summed E-state index contributed by atoms with van der Waals surface area (Å²) < 4.78 is 16.3. The van der Waals surface area contributed by atoms with Gasteiger partial charge in [0.25, 0.3) is 0 Å². The number of benzene rings is 2. The molecular weight excluding hydrogens is 414 g/mol. The SMILES string of the molecule is CSc1ccc(NC(=O)N(CCCN2CCOCC2)Cc2ccc3c(c2)OCO3)cc1. The van der Waals surface area contributed by atoms with E-state index < -0.39 is 0 Å². The molecule has 1 N–H and O–H groups in total. The Bertz CT molecular complexity index is 872. The van der Waals surface area contributed by atoms with Crippen molar-refractivity contribution in [1.29, 1.82) is 0 Å². The van der Waals surface area contributed by atoms with Gasteiger partial charge >= 0.3 is 6.03 Å². The summed E-state index contributed by atoms with van der Waals surface area (Å²) in [5.41, 5.74) is 1.81. The van der Waals surface area contributed by atoms with Crippen LogP contribution in [0.2, 0.25) is 0 Å². The molecule has 2 aromatic rings. The molecule has 0 radical (unpaired) electrons. The molecule has 2 aliphatic rings. The van der Waals surface area contributed by atoms with Crippen molar-refractivity contribution in [3.63, 3.8) is 0 Å². The fourth-order valence-electron chi connectivity index (χ4n) is 3.70. The van der Waals surface area contributed by atoms with Gasteiger partial charge in [0.15, 0.2) is 11.5 Å². The van der Waals surface area contributed by atoms with E-state index in [4.69, 9.17) is 14.2 Å². The van der Waals surface area contributed by atoms with Crippen LogP contribution in [0, 0.1) is 0 Å². The first-order chi connectivity index (χ1) is 15.2. The Hall–Kier alpha value is -2.42. The van der Waals surface area contributed by atoms with Crippen LogP contribution < -0.4 is 14.8 Å². The Kier molecular flexibility index (Phi) is 7.56. The molecule has 0 saturated carbocycles. The highest BCUT2D eigenvalue weighted by molar-refractivity contribution is 7.98. The van der Waals surface area contributed by atoms with Gasteiger partial charge in [-0.05, 0) is 54.6 Å². The summed E-state index contributed by atoms with van der Waals surface area (Å²) in [5.74, 6) is 1.49. The lowest BCUT2D eigenvalue weighted by Gasteiger charge is -2.28. The van der Waals surface area contributed by atoms with Crippen LogP contribution in [0.3, 0.4) is 0 Å². The van der Waals surface area contributed by atoms with Crippen molar-refractivity contribution in [1.82, 2.24) is 9.80 Å². The number of carbonyl (C=O) groups excluding carboxylic acids is 1. The van der Waals surface area contributed by atoms with Crippen LogP contribution in [-0.2, 0) is 11.3 Å². The largest absolute Gasteiger partial charge is 0.454 e. The number of hydrogen-bond acceptors (Lipinski definition) is 6. The number of anilines is 1. The van der Waals surface area contributed by atoms with Crippen LogP contribution in [-0.4, -0.2) is 68.3 Å². The van der Waals surface area contributed by atoms with Crippen molar-refractivity contribution in [3.8, 4) is 11.5 Å². The van der Waals surface area contributed by atoms with Crippen molar-refractivity contribution < 1.29 is 19.0 Å². The lowest BCUT2D eigenvalue weighted by Crippen LogP contribution is -2.40. The van der Waals surface area contributed by atoms with Gasteiger partial charge in [0, 0.05) is 43.3 Å². The molecule has 31 heavy (non-hydrogen) atoms. The van der Waals surface area contributed by atoms with Crippen molar-refractivity contribution in [2.45, 2.75) is 17.9 Å². The molecular formula is C23H29N3O4S. The summed E-state index contributed by atoms with van der Waals surface area (Å²) in [5, 5.41) is 3.04. The third-order valence-electron chi connectivity index (χ3n) is 5.44. The first kappa shape index (κ1) is 21.8. The quantitative estimate of drug-likeness (QED) is 0.625. The average Bonchev–Trinajstić information content (AvgIpc) is 3.27. The van der Waals surface area contributed by atoms with Crippen molar-refractivity contribution in [3.05, 3.63) is 48.0 Å². The van der Waals surface area contributed by atoms with E-state index in [-0.39, 0.29) is 12.8 Å². The predicted octanol–water partition coefficient (Wildman–Crippen LogP) is 3.89. The molecule has 1 saturated heterocycles. The van der Waals surface area contributed by atoms with Crippen LogP contribution in [0.15, 0.2) is 47.4 Å². The lowest BCUT2D eigenvalue weighted by molar-refractivity contribution is 0.0365. The molecule has 2 aliphatic heterocycles. The van der Waals surface area contributed by atoms with Gasteiger partial charge in [-0.3, -0.25) is 4.90 Å². The highest BCUT2D eigenvalue weighted by Gasteiger charge is 2.19. The van der Waals surface area contributed by atoms with Gasteiger partial charge in [0.2, 0.25) is 6.79 Å². The first-order valence-corrected chi connectivity index (χ1v) is 11.8. The topological polar surface area (TPSA) is 63.3 Å². The number of carbonyl (C=O) groups is 1. The Balaban J connectivity index is 1.40. The van der Waals surface area contributed by atoms with Gasteiger partial charge in [-0.15, -0.1) is 11.8 Å². The van der Waals surface area contributed by atoms with E-state index in [2.05, 4.69) is 10.2 Å². The molecule has 0 unspecified atom stereocenters. The molecule has 0 atom stereocenters. The molecule has 0 spiro atoms. The fraction of sp³-hybridized carbons (Fsp3) is 0.435. The van der Waals surface area contributed by atoms with Crippen LogP contribution >= 0.6 is 11.8 Å². The fourth-order valence-corrected chi connectivity index (χ4v) is 4.11. The van der Waals surface area contributed by atoms with Crippen LogP contribution in [0.5, 0.6) is 11.5 Å². The van der Waals surface area contributed by atoms with Crippen LogP contribution in [0.1, 0.15) is 12.0 Å².